The van der Waals surface area contributed by atoms with Crippen molar-refractivity contribution in [3.63, 3.8) is 0 Å². The second kappa shape index (κ2) is 8.78. The number of hydrogen-bond donors (Lipinski definition) is 1. The summed E-state index contributed by atoms with van der Waals surface area (Å²) in [5, 5.41) is 8.55. The lowest BCUT2D eigenvalue weighted by Gasteiger charge is -2.37. The predicted molar refractivity (Wildman–Crippen MR) is 143 cm³/mol. The highest BCUT2D eigenvalue weighted by atomic mass is 32.1. The molecule has 6 heteroatoms. The van der Waals surface area contributed by atoms with Crippen molar-refractivity contribution in [3.8, 4) is 11.4 Å². The van der Waals surface area contributed by atoms with Crippen molar-refractivity contribution in [3.05, 3.63) is 107 Å². The lowest BCUT2D eigenvalue weighted by atomic mass is 9.94. The van der Waals surface area contributed by atoms with Crippen LogP contribution in [0.4, 0.5) is 5.69 Å². The number of allylic oxidation sites excluding steroid dienone is 1. The van der Waals surface area contributed by atoms with Crippen molar-refractivity contribution in [1.82, 2.24) is 15.5 Å². The molecule has 1 aliphatic carbocycles. The van der Waals surface area contributed by atoms with Crippen LogP contribution in [0.15, 0.2) is 83.0 Å². The Labute approximate surface area is 210 Å². The largest absolute Gasteiger partial charge is 0.351 e. The molecule has 174 valence electrons. The van der Waals surface area contributed by atoms with Gasteiger partial charge in [0.1, 0.15) is 0 Å². The van der Waals surface area contributed by atoms with E-state index in [0.717, 1.165) is 46.5 Å². The van der Waals surface area contributed by atoms with E-state index in [9.17, 15) is 0 Å². The molecule has 1 aliphatic heterocycles. The summed E-state index contributed by atoms with van der Waals surface area (Å²) >= 11 is 5.90. The molecule has 0 bridgehead atoms. The van der Waals surface area contributed by atoms with E-state index in [1.54, 1.807) is 0 Å². The van der Waals surface area contributed by atoms with Crippen LogP contribution in [0.3, 0.4) is 0 Å². The van der Waals surface area contributed by atoms with Gasteiger partial charge in [0, 0.05) is 16.9 Å². The molecular formula is C29H26N4OS. The Morgan fingerprint density at radius 3 is 2.60 bits per heavy atom. The number of anilines is 1. The summed E-state index contributed by atoms with van der Waals surface area (Å²) in [5.74, 6) is 1.07. The van der Waals surface area contributed by atoms with Crippen molar-refractivity contribution in [2.24, 2.45) is 0 Å². The molecule has 0 saturated carbocycles. The van der Waals surface area contributed by atoms with E-state index in [1.807, 2.05) is 30.3 Å². The molecule has 0 spiro atoms. The number of fused-ring (bicyclic) bond motifs is 1. The van der Waals surface area contributed by atoms with Crippen molar-refractivity contribution >= 4 is 28.6 Å². The van der Waals surface area contributed by atoms with Crippen molar-refractivity contribution < 1.29 is 4.52 Å². The Balaban J connectivity index is 1.49. The monoisotopic (exact) mass is 478 g/mol. The highest BCUT2D eigenvalue weighted by Gasteiger charge is 2.35. The number of thiocarbonyl (C=S) groups is 1. The van der Waals surface area contributed by atoms with Crippen LogP contribution in [0.1, 0.15) is 47.5 Å². The molecule has 5 nitrogen and oxygen atoms in total. The first-order valence-electron chi connectivity index (χ1n) is 12.0. The van der Waals surface area contributed by atoms with Crippen molar-refractivity contribution in [2.75, 3.05) is 4.90 Å². The van der Waals surface area contributed by atoms with Crippen LogP contribution in [-0.4, -0.2) is 15.3 Å². The van der Waals surface area contributed by atoms with Crippen LogP contribution < -0.4 is 10.2 Å². The molecule has 1 N–H and O–H groups in total. The topological polar surface area (TPSA) is 54.2 Å². The lowest BCUT2D eigenvalue weighted by Crippen LogP contribution is -2.46. The summed E-state index contributed by atoms with van der Waals surface area (Å²) < 4.78 is 5.89. The standard InChI is InChI=1S/C29H26N4OS/c1-18-8-6-13-23(16-18)27-31-28(34-32-27)25-19(2)33(24-15-14-20-11-7-12-22(20)17-24)29(35)30-26(25)21-9-4-3-5-10-21/h3-6,8-10,13-17,26H,7,11-12H2,1-2H3,(H,30,35). The summed E-state index contributed by atoms with van der Waals surface area (Å²) in [7, 11) is 0. The van der Waals surface area contributed by atoms with Crippen LogP contribution >= 0.6 is 12.2 Å². The highest BCUT2D eigenvalue weighted by molar-refractivity contribution is 7.80. The van der Waals surface area contributed by atoms with Crippen LogP contribution in [0.25, 0.3) is 17.0 Å². The van der Waals surface area contributed by atoms with Gasteiger partial charge in [-0.3, -0.25) is 4.90 Å². The summed E-state index contributed by atoms with van der Waals surface area (Å²) in [6, 6.07) is 24.9. The number of aromatic nitrogens is 2. The Bertz CT molecular complexity index is 1460. The van der Waals surface area contributed by atoms with Gasteiger partial charge in [-0.25, -0.2) is 0 Å². The van der Waals surface area contributed by atoms with E-state index < -0.39 is 0 Å². The molecule has 4 aromatic rings. The minimum atomic E-state index is -0.194. The summed E-state index contributed by atoms with van der Waals surface area (Å²) in [5.41, 5.74) is 8.99. The molecule has 0 fully saturated rings. The van der Waals surface area contributed by atoms with Crippen LogP contribution in [0.2, 0.25) is 0 Å². The van der Waals surface area contributed by atoms with Gasteiger partial charge in [-0.1, -0.05) is 65.3 Å². The minimum Gasteiger partial charge on any atom is -0.351 e. The average Bonchev–Trinajstić information content (AvgIpc) is 3.54. The molecule has 2 aliphatic rings. The maximum atomic E-state index is 5.90. The fourth-order valence-electron chi connectivity index (χ4n) is 5.16. The van der Waals surface area contributed by atoms with E-state index in [-0.39, 0.29) is 6.04 Å². The van der Waals surface area contributed by atoms with Gasteiger partial charge >= 0.3 is 0 Å². The summed E-state index contributed by atoms with van der Waals surface area (Å²) in [6.45, 7) is 4.14. The third kappa shape index (κ3) is 3.94. The zero-order valence-corrected chi connectivity index (χ0v) is 20.6. The smallest absolute Gasteiger partial charge is 0.258 e. The molecule has 2 heterocycles. The predicted octanol–water partition coefficient (Wildman–Crippen LogP) is 6.40. The van der Waals surface area contributed by atoms with Gasteiger partial charge in [0.2, 0.25) is 5.82 Å². The number of aryl methyl sites for hydroxylation is 3. The van der Waals surface area contributed by atoms with Gasteiger partial charge in [-0.2, -0.15) is 4.98 Å². The normalized spacial score (nSPS) is 17.5. The zero-order chi connectivity index (χ0) is 23.9. The van der Waals surface area contributed by atoms with E-state index in [4.69, 9.17) is 21.7 Å². The fourth-order valence-corrected chi connectivity index (χ4v) is 5.52. The molecular weight excluding hydrogens is 452 g/mol. The van der Waals surface area contributed by atoms with Crippen LogP contribution in [0.5, 0.6) is 0 Å². The molecule has 1 unspecified atom stereocenters. The molecule has 1 atom stereocenters. The molecule has 0 saturated heterocycles. The van der Waals surface area contributed by atoms with Crippen molar-refractivity contribution in [2.45, 2.75) is 39.2 Å². The summed E-state index contributed by atoms with van der Waals surface area (Å²) in [4.78, 5) is 6.93. The number of benzene rings is 3. The van der Waals surface area contributed by atoms with Gasteiger partial charge in [0.05, 0.1) is 11.6 Å². The highest BCUT2D eigenvalue weighted by Crippen LogP contribution is 2.40. The van der Waals surface area contributed by atoms with Gasteiger partial charge in [0.15, 0.2) is 5.11 Å². The first-order chi connectivity index (χ1) is 17.1. The third-order valence-electron chi connectivity index (χ3n) is 6.89. The second-order valence-corrected chi connectivity index (χ2v) is 9.61. The maximum absolute atomic E-state index is 5.90. The number of rotatable bonds is 4. The molecule has 3 aromatic carbocycles. The van der Waals surface area contributed by atoms with Gasteiger partial charge in [-0.05, 0) is 80.2 Å². The van der Waals surface area contributed by atoms with E-state index in [1.165, 1.54) is 17.5 Å². The Kier molecular flexibility index (Phi) is 5.46. The SMILES string of the molecule is CC1=C(c2nc(-c3cccc(C)c3)no2)C(c2ccccc2)NC(=S)N1c1ccc2c(c1)CCC2. The van der Waals surface area contributed by atoms with E-state index in [0.29, 0.717) is 16.8 Å². The van der Waals surface area contributed by atoms with E-state index >= 15 is 0 Å². The Morgan fingerprint density at radius 2 is 1.77 bits per heavy atom. The maximum Gasteiger partial charge on any atom is 0.258 e. The molecule has 35 heavy (non-hydrogen) atoms. The third-order valence-corrected chi connectivity index (χ3v) is 7.19. The quantitative estimate of drug-likeness (QED) is 0.343. The minimum absolute atomic E-state index is 0.194. The molecule has 0 radical (unpaired) electrons. The van der Waals surface area contributed by atoms with Gasteiger partial charge < -0.3 is 9.84 Å². The second-order valence-electron chi connectivity index (χ2n) is 9.23. The van der Waals surface area contributed by atoms with Crippen molar-refractivity contribution in [1.29, 1.82) is 0 Å². The van der Waals surface area contributed by atoms with E-state index in [2.05, 4.69) is 71.7 Å². The lowest BCUT2D eigenvalue weighted by molar-refractivity contribution is 0.404. The Morgan fingerprint density at radius 1 is 0.943 bits per heavy atom. The summed E-state index contributed by atoms with van der Waals surface area (Å²) in [6.07, 6.45) is 3.47. The Hall–Kier alpha value is -3.77. The fraction of sp³-hybridized carbons (Fsp3) is 0.207. The molecule has 6 rings (SSSR count). The van der Waals surface area contributed by atoms with Gasteiger partial charge in [0.25, 0.3) is 5.89 Å². The molecule has 0 amide bonds. The first kappa shape index (κ1) is 21.7. The average molecular weight is 479 g/mol. The molecule has 1 aromatic heterocycles. The van der Waals surface area contributed by atoms with Crippen LogP contribution in [-0.2, 0) is 12.8 Å². The zero-order valence-electron chi connectivity index (χ0n) is 19.8. The number of hydrogen-bond acceptors (Lipinski definition) is 4. The van der Waals surface area contributed by atoms with Crippen LogP contribution in [0, 0.1) is 6.92 Å². The number of nitrogens with zero attached hydrogens (tertiary/aromatic N) is 3. The first-order valence-corrected chi connectivity index (χ1v) is 12.4. The number of nitrogens with one attached hydrogen (secondary N) is 1. The van der Waals surface area contributed by atoms with Gasteiger partial charge in [-0.15, -0.1) is 0 Å².